The molecule has 82 valence electrons. The van der Waals surface area contributed by atoms with Crippen LogP contribution in [0.4, 0.5) is 0 Å². The molecule has 0 heteroatoms. The lowest BCUT2D eigenvalue weighted by Crippen LogP contribution is -2.09. The third-order valence-electron chi connectivity index (χ3n) is 2.28. The van der Waals surface area contributed by atoms with Gasteiger partial charge in [0.05, 0.1) is 0 Å². The van der Waals surface area contributed by atoms with Gasteiger partial charge in [0.1, 0.15) is 0 Å². The second-order valence-corrected chi connectivity index (χ2v) is 5.72. The average Bonchev–Trinajstić information content (AvgIpc) is 2.00. The van der Waals surface area contributed by atoms with Crippen LogP contribution in [0.15, 0.2) is 0 Å². The van der Waals surface area contributed by atoms with E-state index in [1.165, 1.54) is 12.8 Å². The minimum Gasteiger partial charge on any atom is -0.102 e. The topological polar surface area (TPSA) is 0 Å². The molecule has 0 bridgehead atoms. The average molecular weight is 194 g/mol. The standard InChI is InChI=1S/C14H26/c1-12(2)8-7-10-14(5,6)11-9-13(3)4/h12-13H,8-9,11H2,1-6H3. The van der Waals surface area contributed by atoms with Crippen molar-refractivity contribution in [3.05, 3.63) is 0 Å². The van der Waals surface area contributed by atoms with Crippen LogP contribution in [0, 0.1) is 29.1 Å². The van der Waals surface area contributed by atoms with Gasteiger partial charge in [-0.05, 0) is 38.5 Å². The van der Waals surface area contributed by atoms with Crippen molar-refractivity contribution in [2.24, 2.45) is 17.3 Å². The van der Waals surface area contributed by atoms with Crippen LogP contribution in [0.3, 0.4) is 0 Å². The molecule has 0 saturated carbocycles. The van der Waals surface area contributed by atoms with Crippen LogP contribution in [-0.4, -0.2) is 0 Å². The van der Waals surface area contributed by atoms with Crippen molar-refractivity contribution in [1.29, 1.82) is 0 Å². The van der Waals surface area contributed by atoms with E-state index in [1.54, 1.807) is 0 Å². The first-order valence-corrected chi connectivity index (χ1v) is 5.83. The Bertz CT molecular complexity index is 198. The summed E-state index contributed by atoms with van der Waals surface area (Å²) in [6, 6.07) is 0. The third kappa shape index (κ3) is 8.17. The summed E-state index contributed by atoms with van der Waals surface area (Å²) in [5.41, 5.74) is 0.208. The zero-order chi connectivity index (χ0) is 11.2. The molecule has 0 heterocycles. The molecule has 0 unspecified atom stereocenters. The highest BCUT2D eigenvalue weighted by molar-refractivity contribution is 5.09. The molecule has 14 heavy (non-hydrogen) atoms. The fraction of sp³-hybridized carbons (Fsp3) is 0.857. The Hall–Kier alpha value is -0.440. The smallest absolute Gasteiger partial charge is 0.0258 e. The van der Waals surface area contributed by atoms with Crippen molar-refractivity contribution in [2.45, 2.75) is 60.8 Å². The molecule has 0 aliphatic carbocycles. The summed E-state index contributed by atoms with van der Waals surface area (Å²) in [6.07, 6.45) is 3.53. The predicted octanol–water partition coefficient (Wildman–Crippen LogP) is 4.50. The van der Waals surface area contributed by atoms with Gasteiger partial charge in [-0.1, -0.05) is 33.6 Å². The molecule has 0 spiro atoms. The Labute approximate surface area is 90.5 Å². The zero-order valence-corrected chi connectivity index (χ0v) is 10.8. The van der Waals surface area contributed by atoms with E-state index in [0.29, 0.717) is 5.92 Å². The molecule has 0 aromatic carbocycles. The van der Waals surface area contributed by atoms with Crippen LogP contribution in [0.5, 0.6) is 0 Å². The lowest BCUT2D eigenvalue weighted by atomic mass is 9.86. The minimum atomic E-state index is 0.208. The Morgan fingerprint density at radius 3 is 2.00 bits per heavy atom. The van der Waals surface area contributed by atoms with E-state index >= 15 is 0 Å². The van der Waals surface area contributed by atoms with E-state index in [-0.39, 0.29) is 5.41 Å². The first-order chi connectivity index (χ1) is 6.33. The lowest BCUT2D eigenvalue weighted by molar-refractivity contribution is 0.397. The molecule has 0 aromatic rings. The zero-order valence-electron chi connectivity index (χ0n) is 10.8. The van der Waals surface area contributed by atoms with Gasteiger partial charge in [-0.3, -0.25) is 0 Å². The molecule has 0 N–H and O–H groups in total. The highest BCUT2D eigenvalue weighted by Gasteiger charge is 2.14. The van der Waals surface area contributed by atoms with E-state index in [0.717, 1.165) is 12.3 Å². The largest absolute Gasteiger partial charge is 0.102 e. The lowest BCUT2D eigenvalue weighted by Gasteiger charge is -2.18. The first-order valence-electron chi connectivity index (χ1n) is 5.83. The maximum atomic E-state index is 3.40. The third-order valence-corrected chi connectivity index (χ3v) is 2.28. The van der Waals surface area contributed by atoms with E-state index < -0.39 is 0 Å². The molecular formula is C14H26. The van der Waals surface area contributed by atoms with E-state index in [1.807, 2.05) is 0 Å². The maximum absolute atomic E-state index is 3.40. The van der Waals surface area contributed by atoms with Crippen molar-refractivity contribution in [3.8, 4) is 11.8 Å². The van der Waals surface area contributed by atoms with Crippen molar-refractivity contribution < 1.29 is 0 Å². The van der Waals surface area contributed by atoms with Gasteiger partial charge in [0, 0.05) is 11.8 Å². The van der Waals surface area contributed by atoms with Crippen LogP contribution in [0.25, 0.3) is 0 Å². The quantitative estimate of drug-likeness (QED) is 0.578. The van der Waals surface area contributed by atoms with Crippen LogP contribution in [0.2, 0.25) is 0 Å². The molecule has 0 fully saturated rings. The molecule has 0 atom stereocenters. The van der Waals surface area contributed by atoms with Crippen molar-refractivity contribution in [2.75, 3.05) is 0 Å². The molecular weight excluding hydrogens is 168 g/mol. The molecule has 0 aliphatic heterocycles. The van der Waals surface area contributed by atoms with Crippen molar-refractivity contribution in [1.82, 2.24) is 0 Å². The summed E-state index contributed by atoms with van der Waals surface area (Å²) >= 11 is 0. The van der Waals surface area contributed by atoms with Gasteiger partial charge in [0.2, 0.25) is 0 Å². The second-order valence-electron chi connectivity index (χ2n) is 5.72. The minimum absolute atomic E-state index is 0.208. The number of hydrogen-bond acceptors (Lipinski definition) is 0. The number of hydrogen-bond donors (Lipinski definition) is 0. The summed E-state index contributed by atoms with van der Waals surface area (Å²) in [7, 11) is 0. The fourth-order valence-electron chi connectivity index (χ4n) is 1.21. The van der Waals surface area contributed by atoms with Crippen LogP contribution < -0.4 is 0 Å². The summed E-state index contributed by atoms with van der Waals surface area (Å²) < 4.78 is 0. The second kappa shape index (κ2) is 6.12. The SMILES string of the molecule is CC(C)CC#CC(C)(C)CCC(C)C. The predicted molar refractivity (Wildman–Crippen MR) is 65.1 cm³/mol. The molecule has 0 rings (SSSR count). The molecule has 0 saturated heterocycles. The van der Waals surface area contributed by atoms with Gasteiger partial charge in [-0.15, -0.1) is 5.92 Å². The monoisotopic (exact) mass is 194 g/mol. The summed E-state index contributed by atoms with van der Waals surface area (Å²) in [5, 5.41) is 0. The van der Waals surface area contributed by atoms with Crippen molar-refractivity contribution in [3.63, 3.8) is 0 Å². The van der Waals surface area contributed by atoms with Gasteiger partial charge in [0.15, 0.2) is 0 Å². The van der Waals surface area contributed by atoms with Gasteiger partial charge in [0.25, 0.3) is 0 Å². The van der Waals surface area contributed by atoms with Crippen molar-refractivity contribution >= 4 is 0 Å². The normalized spacial score (nSPS) is 11.7. The summed E-state index contributed by atoms with van der Waals surface area (Å²) in [5.74, 6) is 8.18. The molecule has 0 aromatic heterocycles. The van der Waals surface area contributed by atoms with Gasteiger partial charge in [-0.25, -0.2) is 0 Å². The van der Waals surface area contributed by atoms with Gasteiger partial charge < -0.3 is 0 Å². The molecule has 0 radical (unpaired) electrons. The Morgan fingerprint density at radius 2 is 1.57 bits per heavy atom. The Morgan fingerprint density at radius 1 is 1.00 bits per heavy atom. The summed E-state index contributed by atoms with van der Waals surface area (Å²) in [4.78, 5) is 0. The number of rotatable bonds is 4. The van der Waals surface area contributed by atoms with Crippen LogP contribution >= 0.6 is 0 Å². The first kappa shape index (κ1) is 13.6. The Kier molecular flexibility index (Phi) is 5.93. The van der Waals surface area contributed by atoms with E-state index in [9.17, 15) is 0 Å². The Balaban J connectivity index is 3.97. The van der Waals surface area contributed by atoms with Crippen LogP contribution in [-0.2, 0) is 0 Å². The highest BCUT2D eigenvalue weighted by atomic mass is 14.2. The van der Waals surface area contributed by atoms with E-state index in [2.05, 4.69) is 53.4 Å². The molecule has 0 aliphatic rings. The van der Waals surface area contributed by atoms with Gasteiger partial charge in [-0.2, -0.15) is 0 Å². The summed E-state index contributed by atoms with van der Waals surface area (Å²) in [6.45, 7) is 13.5. The van der Waals surface area contributed by atoms with E-state index in [4.69, 9.17) is 0 Å². The van der Waals surface area contributed by atoms with Crippen LogP contribution in [0.1, 0.15) is 60.8 Å². The maximum Gasteiger partial charge on any atom is 0.0258 e. The fourth-order valence-corrected chi connectivity index (χ4v) is 1.21. The highest BCUT2D eigenvalue weighted by Crippen LogP contribution is 2.23. The van der Waals surface area contributed by atoms with Gasteiger partial charge >= 0.3 is 0 Å². The molecule has 0 nitrogen and oxygen atoms in total. The molecule has 0 amide bonds.